The van der Waals surface area contributed by atoms with E-state index in [4.69, 9.17) is 0 Å². The van der Waals surface area contributed by atoms with Crippen LogP contribution in [0.3, 0.4) is 0 Å². The molecular formula is C16H25N. The molecule has 1 aliphatic rings. The van der Waals surface area contributed by atoms with E-state index in [0.29, 0.717) is 0 Å². The molecule has 0 bridgehead atoms. The first kappa shape index (κ1) is 12.6. The van der Waals surface area contributed by atoms with E-state index in [9.17, 15) is 0 Å². The zero-order valence-electron chi connectivity index (χ0n) is 11.2. The van der Waals surface area contributed by atoms with Crippen molar-refractivity contribution in [3.63, 3.8) is 0 Å². The van der Waals surface area contributed by atoms with Crippen molar-refractivity contribution in [2.24, 2.45) is 5.92 Å². The van der Waals surface area contributed by atoms with Crippen LogP contribution in [0.25, 0.3) is 0 Å². The molecule has 1 atom stereocenters. The molecule has 0 aromatic heterocycles. The number of benzene rings is 1. The standard InChI is InChI=1S/C16H25N/c1-3-17-12-16(14-8-4-5-9-14)15-10-6-7-13(2)11-15/h6-7,10-11,14,16-17H,3-5,8-9,12H2,1-2H3. The third-order valence-electron chi connectivity index (χ3n) is 4.05. The van der Waals surface area contributed by atoms with Crippen LogP contribution in [-0.2, 0) is 0 Å². The molecule has 0 spiro atoms. The molecule has 1 fully saturated rings. The lowest BCUT2D eigenvalue weighted by atomic mass is 9.84. The van der Waals surface area contributed by atoms with Gasteiger partial charge in [0.2, 0.25) is 0 Å². The molecule has 17 heavy (non-hydrogen) atoms. The summed E-state index contributed by atoms with van der Waals surface area (Å²) in [5.74, 6) is 1.62. The maximum Gasteiger partial charge on any atom is 0.00227 e. The minimum atomic E-state index is 0.720. The van der Waals surface area contributed by atoms with Crippen LogP contribution in [0.5, 0.6) is 0 Å². The van der Waals surface area contributed by atoms with E-state index in [-0.39, 0.29) is 0 Å². The number of hydrogen-bond donors (Lipinski definition) is 1. The average Bonchev–Trinajstić information content (AvgIpc) is 2.83. The Bertz CT molecular complexity index is 339. The molecule has 0 aliphatic heterocycles. The van der Waals surface area contributed by atoms with E-state index in [0.717, 1.165) is 24.9 Å². The van der Waals surface area contributed by atoms with E-state index in [1.54, 1.807) is 0 Å². The Kier molecular flexibility index (Phi) is 4.61. The Morgan fingerprint density at radius 3 is 2.71 bits per heavy atom. The fraction of sp³-hybridized carbons (Fsp3) is 0.625. The van der Waals surface area contributed by atoms with Crippen molar-refractivity contribution in [2.45, 2.75) is 45.4 Å². The van der Waals surface area contributed by atoms with Crippen LogP contribution < -0.4 is 5.32 Å². The van der Waals surface area contributed by atoms with Crippen molar-refractivity contribution in [1.82, 2.24) is 5.32 Å². The van der Waals surface area contributed by atoms with E-state index in [1.165, 1.54) is 36.8 Å². The third kappa shape index (κ3) is 3.32. The van der Waals surface area contributed by atoms with E-state index in [2.05, 4.69) is 43.4 Å². The first-order valence-corrected chi connectivity index (χ1v) is 7.08. The quantitative estimate of drug-likeness (QED) is 0.811. The van der Waals surface area contributed by atoms with Gasteiger partial charge in [-0.3, -0.25) is 0 Å². The molecule has 1 saturated carbocycles. The SMILES string of the molecule is CCNCC(c1cccc(C)c1)C1CCCC1. The summed E-state index contributed by atoms with van der Waals surface area (Å²) in [5.41, 5.74) is 2.93. The van der Waals surface area contributed by atoms with Crippen molar-refractivity contribution in [3.05, 3.63) is 35.4 Å². The van der Waals surface area contributed by atoms with Gasteiger partial charge >= 0.3 is 0 Å². The summed E-state index contributed by atoms with van der Waals surface area (Å²) < 4.78 is 0. The number of likely N-dealkylation sites (N-methyl/N-ethyl adjacent to an activating group) is 1. The summed E-state index contributed by atoms with van der Waals surface area (Å²) in [5, 5.41) is 3.54. The van der Waals surface area contributed by atoms with E-state index < -0.39 is 0 Å². The molecule has 1 aliphatic carbocycles. The molecule has 1 heteroatoms. The molecule has 2 rings (SSSR count). The number of nitrogens with one attached hydrogen (secondary N) is 1. The maximum atomic E-state index is 3.54. The number of rotatable bonds is 5. The second kappa shape index (κ2) is 6.20. The molecule has 0 amide bonds. The van der Waals surface area contributed by atoms with Crippen LogP contribution >= 0.6 is 0 Å². The van der Waals surface area contributed by atoms with Gasteiger partial charge in [-0.2, -0.15) is 0 Å². The van der Waals surface area contributed by atoms with Crippen LogP contribution in [0, 0.1) is 12.8 Å². The predicted octanol–water partition coefficient (Wildman–Crippen LogP) is 3.88. The van der Waals surface area contributed by atoms with Gasteiger partial charge in [0.05, 0.1) is 0 Å². The second-order valence-corrected chi connectivity index (χ2v) is 5.37. The first-order valence-electron chi connectivity index (χ1n) is 7.08. The van der Waals surface area contributed by atoms with Gasteiger partial charge in [0.25, 0.3) is 0 Å². The minimum absolute atomic E-state index is 0.720. The average molecular weight is 231 g/mol. The maximum absolute atomic E-state index is 3.54. The minimum Gasteiger partial charge on any atom is -0.316 e. The largest absolute Gasteiger partial charge is 0.316 e. The highest BCUT2D eigenvalue weighted by molar-refractivity contribution is 5.26. The van der Waals surface area contributed by atoms with Crippen molar-refractivity contribution < 1.29 is 0 Å². The summed E-state index contributed by atoms with van der Waals surface area (Å²) >= 11 is 0. The summed E-state index contributed by atoms with van der Waals surface area (Å²) in [7, 11) is 0. The highest BCUT2D eigenvalue weighted by Gasteiger charge is 2.25. The summed E-state index contributed by atoms with van der Waals surface area (Å²) in [6.07, 6.45) is 5.70. The van der Waals surface area contributed by atoms with Crippen LogP contribution in [0.15, 0.2) is 24.3 Å². The molecule has 1 aromatic carbocycles. The van der Waals surface area contributed by atoms with Crippen LogP contribution in [0.2, 0.25) is 0 Å². The molecule has 1 N–H and O–H groups in total. The molecule has 94 valence electrons. The Hall–Kier alpha value is -0.820. The van der Waals surface area contributed by atoms with E-state index >= 15 is 0 Å². The lowest BCUT2D eigenvalue weighted by molar-refractivity contribution is 0.414. The monoisotopic (exact) mass is 231 g/mol. The highest BCUT2D eigenvalue weighted by atomic mass is 14.8. The Morgan fingerprint density at radius 2 is 2.06 bits per heavy atom. The van der Waals surface area contributed by atoms with Crippen LogP contribution in [-0.4, -0.2) is 13.1 Å². The molecule has 0 saturated heterocycles. The highest BCUT2D eigenvalue weighted by Crippen LogP contribution is 2.37. The fourth-order valence-corrected chi connectivity index (χ4v) is 3.12. The lowest BCUT2D eigenvalue weighted by Gasteiger charge is -2.24. The predicted molar refractivity (Wildman–Crippen MR) is 74.4 cm³/mol. The molecular weight excluding hydrogens is 206 g/mol. The number of aryl methyl sites for hydroxylation is 1. The zero-order chi connectivity index (χ0) is 12.1. The Labute approximate surface area is 106 Å². The summed E-state index contributed by atoms with van der Waals surface area (Å²) in [4.78, 5) is 0. The van der Waals surface area contributed by atoms with Crippen molar-refractivity contribution in [2.75, 3.05) is 13.1 Å². The van der Waals surface area contributed by atoms with Crippen LogP contribution in [0.1, 0.15) is 49.7 Å². The van der Waals surface area contributed by atoms with Gasteiger partial charge in [0.1, 0.15) is 0 Å². The van der Waals surface area contributed by atoms with Gasteiger partial charge < -0.3 is 5.32 Å². The first-order chi connectivity index (χ1) is 8.31. The molecule has 0 radical (unpaired) electrons. The van der Waals surface area contributed by atoms with Crippen LogP contribution in [0.4, 0.5) is 0 Å². The van der Waals surface area contributed by atoms with Crippen molar-refractivity contribution >= 4 is 0 Å². The topological polar surface area (TPSA) is 12.0 Å². The second-order valence-electron chi connectivity index (χ2n) is 5.37. The third-order valence-corrected chi connectivity index (χ3v) is 4.05. The molecule has 0 heterocycles. The summed E-state index contributed by atoms with van der Waals surface area (Å²) in [6, 6.07) is 9.09. The lowest BCUT2D eigenvalue weighted by Crippen LogP contribution is -2.25. The van der Waals surface area contributed by atoms with Gasteiger partial charge in [0, 0.05) is 6.54 Å². The van der Waals surface area contributed by atoms with Gasteiger partial charge in [-0.15, -0.1) is 0 Å². The molecule has 1 aromatic rings. The zero-order valence-corrected chi connectivity index (χ0v) is 11.2. The van der Waals surface area contributed by atoms with E-state index in [1.807, 2.05) is 0 Å². The van der Waals surface area contributed by atoms with Gasteiger partial charge in [-0.25, -0.2) is 0 Å². The normalized spacial score (nSPS) is 18.5. The fourth-order valence-electron chi connectivity index (χ4n) is 3.12. The number of hydrogen-bond acceptors (Lipinski definition) is 1. The molecule has 1 unspecified atom stereocenters. The summed E-state index contributed by atoms with van der Waals surface area (Å²) in [6.45, 7) is 6.62. The smallest absolute Gasteiger partial charge is 0.00227 e. The van der Waals surface area contributed by atoms with Gasteiger partial charge in [0.15, 0.2) is 0 Å². The van der Waals surface area contributed by atoms with Gasteiger partial charge in [-0.1, -0.05) is 49.6 Å². The van der Waals surface area contributed by atoms with Crippen molar-refractivity contribution in [3.8, 4) is 0 Å². The van der Waals surface area contributed by atoms with Crippen molar-refractivity contribution in [1.29, 1.82) is 0 Å². The molecule has 1 nitrogen and oxygen atoms in total. The Balaban J connectivity index is 2.13. The van der Waals surface area contributed by atoms with Gasteiger partial charge in [-0.05, 0) is 43.7 Å². The Morgan fingerprint density at radius 1 is 1.29 bits per heavy atom.